The molecular formula is C9H16FN5O2. The number of alkyl halides is 1. The summed E-state index contributed by atoms with van der Waals surface area (Å²) in [6.45, 7) is 3.99. The normalized spacial score (nSPS) is 11.5. The van der Waals surface area contributed by atoms with Crippen LogP contribution in [0.4, 0.5) is 9.18 Å². The molecule has 0 radical (unpaired) electrons. The molecule has 0 saturated heterocycles. The second-order valence-electron chi connectivity index (χ2n) is 4.28. The smallest absolute Gasteiger partial charge is 0.333 e. The fourth-order valence-electron chi connectivity index (χ4n) is 1.17. The van der Waals surface area contributed by atoms with Crippen LogP contribution >= 0.6 is 0 Å². The Hall–Kier alpha value is -1.86. The van der Waals surface area contributed by atoms with Gasteiger partial charge in [0, 0.05) is 6.42 Å². The van der Waals surface area contributed by atoms with Crippen LogP contribution < -0.4 is 16.8 Å². The molecule has 0 aromatic carbocycles. The first-order chi connectivity index (χ1) is 7.82. The quantitative estimate of drug-likeness (QED) is 0.710. The lowest BCUT2D eigenvalue weighted by molar-refractivity contribution is 0.218. The highest BCUT2D eigenvalue weighted by atomic mass is 19.1. The first-order valence-electron chi connectivity index (χ1n) is 5.17. The average Bonchev–Trinajstić information content (AvgIpc) is 2.55. The van der Waals surface area contributed by atoms with E-state index in [1.807, 2.05) is 0 Å². The zero-order chi connectivity index (χ0) is 13.2. The summed E-state index contributed by atoms with van der Waals surface area (Å²) in [7, 11) is 0. The van der Waals surface area contributed by atoms with Crippen LogP contribution in [-0.2, 0) is 6.42 Å². The lowest BCUT2D eigenvalue weighted by Crippen LogP contribution is -2.50. The van der Waals surface area contributed by atoms with Gasteiger partial charge >= 0.3 is 11.7 Å². The summed E-state index contributed by atoms with van der Waals surface area (Å²) in [5.74, 6) is 5.70. The van der Waals surface area contributed by atoms with Crippen LogP contribution in [0.3, 0.4) is 0 Å². The molecule has 0 bridgehead atoms. The Morgan fingerprint density at radius 1 is 1.59 bits per heavy atom. The van der Waals surface area contributed by atoms with Crippen molar-refractivity contribution in [1.82, 2.24) is 19.8 Å². The largest absolute Gasteiger partial charge is 0.373 e. The molecule has 0 aliphatic rings. The van der Waals surface area contributed by atoms with Crippen LogP contribution in [0.15, 0.2) is 4.79 Å². The minimum atomic E-state index is -1.05. The van der Waals surface area contributed by atoms with Gasteiger partial charge in [-0.25, -0.2) is 14.0 Å². The summed E-state index contributed by atoms with van der Waals surface area (Å²) >= 11 is 0. The summed E-state index contributed by atoms with van der Waals surface area (Å²) in [4.78, 5) is 23.2. The number of carbonyl (C=O) groups excluding carboxylic acids is 1. The highest BCUT2D eigenvalue weighted by molar-refractivity contribution is 5.76. The van der Waals surface area contributed by atoms with Gasteiger partial charge < -0.3 is 11.2 Å². The molecule has 8 heteroatoms. The summed E-state index contributed by atoms with van der Waals surface area (Å²) in [5.41, 5.74) is -1.81. The molecule has 1 amide bonds. The molecule has 0 unspecified atom stereocenters. The standard InChI is InChI=1S/C9H16FN5O2/c1-4-6-13-15(8(17)14(6)11)7(16)12-9(2,3)5-10/h4-5,11H2,1-3H3,(H,12,16). The fourth-order valence-corrected chi connectivity index (χ4v) is 1.17. The summed E-state index contributed by atoms with van der Waals surface area (Å²) in [6, 6.07) is -0.795. The van der Waals surface area contributed by atoms with E-state index in [1.165, 1.54) is 13.8 Å². The molecule has 1 aromatic heterocycles. The number of aryl methyl sites for hydroxylation is 1. The van der Waals surface area contributed by atoms with E-state index < -0.39 is 23.9 Å². The lowest BCUT2D eigenvalue weighted by Gasteiger charge is -2.21. The van der Waals surface area contributed by atoms with Crippen molar-refractivity contribution in [3.63, 3.8) is 0 Å². The van der Waals surface area contributed by atoms with Crippen molar-refractivity contribution in [2.75, 3.05) is 12.5 Å². The number of aromatic nitrogens is 3. The van der Waals surface area contributed by atoms with Gasteiger partial charge in [0.15, 0.2) is 5.82 Å². The highest BCUT2D eigenvalue weighted by Crippen LogP contribution is 2.02. The lowest BCUT2D eigenvalue weighted by atomic mass is 10.1. The van der Waals surface area contributed by atoms with Gasteiger partial charge in [-0.3, -0.25) is 0 Å². The molecule has 1 heterocycles. The van der Waals surface area contributed by atoms with Crippen molar-refractivity contribution in [2.24, 2.45) is 0 Å². The number of nitrogens with one attached hydrogen (secondary N) is 1. The van der Waals surface area contributed by atoms with E-state index >= 15 is 0 Å². The number of hydrogen-bond acceptors (Lipinski definition) is 4. The van der Waals surface area contributed by atoms with Crippen molar-refractivity contribution < 1.29 is 9.18 Å². The van der Waals surface area contributed by atoms with E-state index in [0.717, 1.165) is 4.68 Å². The molecule has 0 atom stereocenters. The van der Waals surface area contributed by atoms with Gasteiger partial charge in [-0.15, -0.1) is 9.78 Å². The van der Waals surface area contributed by atoms with Gasteiger partial charge in [-0.1, -0.05) is 6.92 Å². The number of nitrogens with two attached hydrogens (primary N) is 1. The monoisotopic (exact) mass is 245 g/mol. The maximum Gasteiger partial charge on any atom is 0.373 e. The summed E-state index contributed by atoms with van der Waals surface area (Å²) < 4.78 is 13.9. The maximum absolute atomic E-state index is 12.5. The van der Waals surface area contributed by atoms with Crippen molar-refractivity contribution in [3.8, 4) is 0 Å². The molecule has 0 fully saturated rings. The Bertz CT molecular complexity index is 476. The maximum atomic E-state index is 12.5. The number of rotatable bonds is 3. The van der Waals surface area contributed by atoms with Crippen molar-refractivity contribution in [2.45, 2.75) is 32.7 Å². The van der Waals surface area contributed by atoms with Crippen molar-refractivity contribution >= 4 is 6.03 Å². The average molecular weight is 245 g/mol. The molecule has 0 aliphatic carbocycles. The first kappa shape index (κ1) is 13.2. The molecule has 0 saturated carbocycles. The summed E-state index contributed by atoms with van der Waals surface area (Å²) in [5, 5.41) is 6.10. The van der Waals surface area contributed by atoms with E-state index in [2.05, 4.69) is 10.4 Å². The molecule has 7 nitrogen and oxygen atoms in total. The van der Waals surface area contributed by atoms with Crippen LogP contribution in [0.1, 0.15) is 26.6 Å². The van der Waals surface area contributed by atoms with Gasteiger partial charge in [0.25, 0.3) is 0 Å². The van der Waals surface area contributed by atoms with E-state index in [-0.39, 0.29) is 5.82 Å². The van der Waals surface area contributed by atoms with Crippen molar-refractivity contribution in [3.05, 3.63) is 16.3 Å². The zero-order valence-electron chi connectivity index (χ0n) is 10.0. The van der Waals surface area contributed by atoms with E-state index in [0.29, 0.717) is 11.1 Å². The molecule has 1 rings (SSSR count). The predicted molar refractivity (Wildman–Crippen MR) is 60.0 cm³/mol. The Morgan fingerprint density at radius 2 is 2.18 bits per heavy atom. The molecule has 0 spiro atoms. The Kier molecular flexibility index (Phi) is 3.54. The van der Waals surface area contributed by atoms with Gasteiger partial charge in [-0.05, 0) is 13.8 Å². The Labute approximate surface area is 97.4 Å². The van der Waals surface area contributed by atoms with Crippen LogP contribution in [0.5, 0.6) is 0 Å². The van der Waals surface area contributed by atoms with Crippen LogP contribution in [0.25, 0.3) is 0 Å². The second kappa shape index (κ2) is 4.56. The van der Waals surface area contributed by atoms with Crippen LogP contribution in [0, 0.1) is 0 Å². The van der Waals surface area contributed by atoms with E-state index in [4.69, 9.17) is 5.84 Å². The zero-order valence-corrected chi connectivity index (χ0v) is 10.0. The minimum absolute atomic E-state index is 0.281. The number of halogens is 1. The Balaban J connectivity index is 3.02. The molecule has 0 aliphatic heterocycles. The minimum Gasteiger partial charge on any atom is -0.333 e. The number of amides is 1. The van der Waals surface area contributed by atoms with E-state index in [1.54, 1.807) is 6.92 Å². The predicted octanol–water partition coefficient (Wildman–Crippen LogP) is -0.373. The molecule has 96 valence electrons. The molecule has 3 N–H and O–H groups in total. The second-order valence-corrected chi connectivity index (χ2v) is 4.28. The van der Waals surface area contributed by atoms with Crippen molar-refractivity contribution in [1.29, 1.82) is 0 Å². The number of carbonyl (C=O) groups is 1. The van der Waals surface area contributed by atoms with Gasteiger partial charge in [0.2, 0.25) is 0 Å². The number of nitrogen functional groups attached to an aromatic ring is 1. The third-order valence-corrected chi connectivity index (χ3v) is 2.17. The topological polar surface area (TPSA) is 94.9 Å². The van der Waals surface area contributed by atoms with Gasteiger partial charge in [0.05, 0.1) is 5.54 Å². The first-order valence-corrected chi connectivity index (χ1v) is 5.17. The third-order valence-electron chi connectivity index (χ3n) is 2.17. The van der Waals surface area contributed by atoms with Crippen LogP contribution in [0.2, 0.25) is 0 Å². The summed E-state index contributed by atoms with van der Waals surface area (Å²) in [6.07, 6.45) is 0.415. The number of hydrogen-bond donors (Lipinski definition) is 2. The fraction of sp³-hybridized carbons (Fsp3) is 0.667. The number of nitrogens with zero attached hydrogens (tertiary/aromatic N) is 3. The molecule has 17 heavy (non-hydrogen) atoms. The van der Waals surface area contributed by atoms with E-state index in [9.17, 15) is 14.0 Å². The Morgan fingerprint density at radius 3 is 2.59 bits per heavy atom. The highest BCUT2D eigenvalue weighted by Gasteiger charge is 2.24. The van der Waals surface area contributed by atoms with Gasteiger partial charge in [0.1, 0.15) is 6.67 Å². The van der Waals surface area contributed by atoms with Crippen LogP contribution in [-0.4, -0.2) is 32.7 Å². The van der Waals surface area contributed by atoms with Gasteiger partial charge in [-0.2, -0.15) is 4.68 Å². The third kappa shape index (κ3) is 2.63. The molecular weight excluding hydrogens is 229 g/mol. The molecule has 1 aromatic rings. The SMILES string of the molecule is CCc1nn(C(=O)NC(C)(C)CF)c(=O)n1N.